The smallest absolute Gasteiger partial charge is 0.0566 e. The van der Waals surface area contributed by atoms with Crippen molar-refractivity contribution in [2.24, 2.45) is 5.92 Å². The number of nitrogens with one attached hydrogen (secondary N) is 1. The molecule has 0 aromatic heterocycles. The average Bonchev–Trinajstić information content (AvgIpc) is 2.19. The van der Waals surface area contributed by atoms with Crippen molar-refractivity contribution < 1.29 is 0 Å². The molecule has 0 bridgehead atoms. The summed E-state index contributed by atoms with van der Waals surface area (Å²) in [6.07, 6.45) is 9.98. The van der Waals surface area contributed by atoms with E-state index in [2.05, 4.69) is 36.2 Å². The van der Waals surface area contributed by atoms with Gasteiger partial charge in [-0.15, -0.1) is 11.8 Å². The molecule has 0 aromatic rings. The highest BCUT2D eigenvalue weighted by Gasteiger charge is 2.26. The van der Waals surface area contributed by atoms with Gasteiger partial charge in [0.25, 0.3) is 0 Å². The van der Waals surface area contributed by atoms with Gasteiger partial charge in [-0.2, -0.15) is 0 Å². The molecule has 0 amide bonds. The first-order valence-electron chi connectivity index (χ1n) is 5.40. The molecular weight excluding hydrogens is 178 g/mol. The van der Waals surface area contributed by atoms with Crippen molar-refractivity contribution in [1.29, 1.82) is 0 Å². The van der Waals surface area contributed by atoms with Crippen LogP contribution in [0.2, 0.25) is 0 Å². The molecule has 3 unspecified atom stereocenters. The molecule has 1 N–H and O–H groups in total. The van der Waals surface area contributed by atoms with Crippen molar-refractivity contribution in [1.82, 2.24) is 5.32 Å². The Balaban J connectivity index is 1.88. The lowest BCUT2D eigenvalue weighted by atomic mass is 9.94. The molecule has 2 aliphatic rings. The second-order valence-corrected chi connectivity index (χ2v) is 5.74. The predicted octanol–water partition coefficient (Wildman–Crippen LogP) is 2.78. The van der Waals surface area contributed by atoms with Gasteiger partial charge in [-0.25, -0.2) is 0 Å². The molecule has 1 aliphatic carbocycles. The van der Waals surface area contributed by atoms with Crippen LogP contribution in [0.15, 0.2) is 12.2 Å². The maximum atomic E-state index is 3.65. The van der Waals surface area contributed by atoms with Gasteiger partial charge in [0, 0.05) is 5.25 Å². The van der Waals surface area contributed by atoms with Gasteiger partial charge in [0.15, 0.2) is 0 Å². The molecule has 0 radical (unpaired) electrons. The van der Waals surface area contributed by atoms with Crippen LogP contribution in [0.5, 0.6) is 0 Å². The molecule has 2 rings (SSSR count). The number of hydrogen-bond donors (Lipinski definition) is 1. The van der Waals surface area contributed by atoms with Crippen molar-refractivity contribution in [2.45, 2.75) is 43.2 Å². The summed E-state index contributed by atoms with van der Waals surface area (Å²) in [7, 11) is 0. The zero-order valence-corrected chi connectivity index (χ0v) is 9.15. The summed E-state index contributed by atoms with van der Waals surface area (Å²) in [4.78, 5) is 0. The topological polar surface area (TPSA) is 12.0 Å². The normalized spacial score (nSPS) is 40.5. The van der Waals surface area contributed by atoms with E-state index in [-0.39, 0.29) is 0 Å². The molecule has 1 heterocycles. The van der Waals surface area contributed by atoms with Crippen molar-refractivity contribution in [2.75, 3.05) is 6.54 Å². The monoisotopic (exact) mass is 197 g/mol. The first-order valence-corrected chi connectivity index (χ1v) is 6.34. The van der Waals surface area contributed by atoms with E-state index in [1.54, 1.807) is 0 Å². The fourth-order valence-electron chi connectivity index (χ4n) is 2.17. The van der Waals surface area contributed by atoms with Gasteiger partial charge in [0.1, 0.15) is 0 Å². The van der Waals surface area contributed by atoms with E-state index in [1.165, 1.54) is 32.2 Å². The van der Waals surface area contributed by atoms with Crippen molar-refractivity contribution in [3.63, 3.8) is 0 Å². The summed E-state index contributed by atoms with van der Waals surface area (Å²) in [5.41, 5.74) is 0. The van der Waals surface area contributed by atoms with Gasteiger partial charge in [-0.3, -0.25) is 0 Å². The highest BCUT2D eigenvalue weighted by Crippen LogP contribution is 2.33. The van der Waals surface area contributed by atoms with Gasteiger partial charge in [0.05, 0.1) is 5.37 Å². The lowest BCUT2D eigenvalue weighted by molar-refractivity contribution is 0.400. The van der Waals surface area contributed by atoms with Gasteiger partial charge in [0.2, 0.25) is 0 Å². The highest BCUT2D eigenvalue weighted by molar-refractivity contribution is 8.00. The number of thioether (sulfide) groups is 1. The van der Waals surface area contributed by atoms with Crippen LogP contribution in [0, 0.1) is 5.92 Å². The van der Waals surface area contributed by atoms with Crippen molar-refractivity contribution in [3.05, 3.63) is 12.2 Å². The zero-order chi connectivity index (χ0) is 9.10. The summed E-state index contributed by atoms with van der Waals surface area (Å²) in [6.45, 7) is 3.58. The number of rotatable bonds is 1. The summed E-state index contributed by atoms with van der Waals surface area (Å²) in [6, 6.07) is 0. The molecule has 3 atom stereocenters. The molecule has 1 fully saturated rings. The Hall–Kier alpha value is 0.0500. The number of hydrogen-bond acceptors (Lipinski definition) is 2. The van der Waals surface area contributed by atoms with E-state index in [0.717, 1.165) is 16.5 Å². The van der Waals surface area contributed by atoms with Crippen molar-refractivity contribution >= 4 is 11.8 Å². The summed E-state index contributed by atoms with van der Waals surface area (Å²) in [5, 5.41) is 5.24. The fraction of sp³-hybridized carbons (Fsp3) is 0.818. The third kappa shape index (κ3) is 2.50. The third-order valence-corrected chi connectivity index (χ3v) is 4.56. The third-order valence-electron chi connectivity index (χ3n) is 3.01. The van der Waals surface area contributed by atoms with Gasteiger partial charge < -0.3 is 5.32 Å². The van der Waals surface area contributed by atoms with Crippen LogP contribution in [-0.2, 0) is 0 Å². The lowest BCUT2D eigenvalue weighted by Crippen LogP contribution is -2.40. The van der Waals surface area contributed by atoms with E-state index in [1.807, 2.05) is 0 Å². The Kier molecular flexibility index (Phi) is 3.33. The summed E-state index contributed by atoms with van der Waals surface area (Å²) >= 11 is 2.15. The maximum Gasteiger partial charge on any atom is 0.0566 e. The van der Waals surface area contributed by atoms with E-state index >= 15 is 0 Å². The Morgan fingerprint density at radius 3 is 2.92 bits per heavy atom. The van der Waals surface area contributed by atoms with E-state index in [4.69, 9.17) is 0 Å². The predicted molar refractivity (Wildman–Crippen MR) is 59.9 cm³/mol. The van der Waals surface area contributed by atoms with Gasteiger partial charge in [-0.1, -0.05) is 19.1 Å². The van der Waals surface area contributed by atoms with Gasteiger partial charge >= 0.3 is 0 Å². The van der Waals surface area contributed by atoms with Crippen LogP contribution in [0.3, 0.4) is 0 Å². The summed E-state index contributed by atoms with van der Waals surface area (Å²) in [5.74, 6) is 0.887. The molecule has 0 spiro atoms. The lowest BCUT2D eigenvalue weighted by Gasteiger charge is -2.34. The second kappa shape index (κ2) is 4.52. The first-order chi connectivity index (χ1) is 6.36. The Labute approximate surface area is 85.4 Å². The molecular formula is C11H19NS. The summed E-state index contributed by atoms with van der Waals surface area (Å²) < 4.78 is 0. The van der Waals surface area contributed by atoms with E-state index < -0.39 is 0 Å². The van der Waals surface area contributed by atoms with E-state index in [9.17, 15) is 0 Å². The first kappa shape index (κ1) is 9.60. The van der Waals surface area contributed by atoms with Crippen LogP contribution in [0.1, 0.15) is 32.6 Å². The minimum Gasteiger partial charge on any atom is -0.305 e. The molecule has 1 nitrogen and oxygen atoms in total. The Bertz CT molecular complexity index is 191. The largest absolute Gasteiger partial charge is 0.305 e. The zero-order valence-electron chi connectivity index (χ0n) is 8.33. The average molecular weight is 197 g/mol. The Morgan fingerprint density at radius 2 is 2.23 bits per heavy atom. The van der Waals surface area contributed by atoms with Crippen LogP contribution < -0.4 is 5.32 Å². The van der Waals surface area contributed by atoms with Gasteiger partial charge in [-0.05, 0) is 38.1 Å². The van der Waals surface area contributed by atoms with Crippen LogP contribution >= 0.6 is 11.8 Å². The SMILES string of the molecule is CC1CCNC(C2CC=CCC2)S1. The molecule has 1 saturated heterocycles. The molecule has 13 heavy (non-hydrogen) atoms. The Morgan fingerprint density at radius 1 is 1.31 bits per heavy atom. The molecule has 74 valence electrons. The van der Waals surface area contributed by atoms with Crippen LogP contribution in [0.25, 0.3) is 0 Å². The molecule has 0 saturated carbocycles. The fourth-order valence-corrected chi connectivity index (χ4v) is 3.60. The van der Waals surface area contributed by atoms with Crippen LogP contribution in [0.4, 0.5) is 0 Å². The van der Waals surface area contributed by atoms with E-state index in [0.29, 0.717) is 0 Å². The standard InChI is InChI=1S/C11H19NS/c1-9-7-8-12-11(13-9)10-5-3-2-4-6-10/h2-3,9-12H,4-8H2,1H3. The highest BCUT2D eigenvalue weighted by atomic mass is 32.2. The number of allylic oxidation sites excluding steroid dienone is 2. The maximum absolute atomic E-state index is 3.65. The molecule has 1 aliphatic heterocycles. The minimum atomic E-state index is 0.730. The minimum absolute atomic E-state index is 0.730. The second-order valence-electron chi connectivity index (χ2n) is 4.15. The molecule has 2 heteroatoms. The van der Waals surface area contributed by atoms with Crippen molar-refractivity contribution in [3.8, 4) is 0 Å². The quantitative estimate of drug-likeness (QED) is 0.649. The molecule has 0 aromatic carbocycles. The van der Waals surface area contributed by atoms with Crippen LogP contribution in [-0.4, -0.2) is 17.2 Å².